The summed E-state index contributed by atoms with van der Waals surface area (Å²) in [6.07, 6.45) is 0.841. The molecule has 2 rings (SSSR count). The SMILES string of the molecule is NC(=O)c1ccc(NC(=O)COC(=O)CCc2cccs2)cc1. The van der Waals surface area contributed by atoms with Crippen molar-refractivity contribution >= 4 is 34.8 Å². The van der Waals surface area contributed by atoms with Gasteiger partial charge in [0.1, 0.15) is 0 Å². The molecule has 0 unspecified atom stereocenters. The lowest BCUT2D eigenvalue weighted by Crippen LogP contribution is -2.21. The van der Waals surface area contributed by atoms with E-state index in [-0.39, 0.29) is 13.0 Å². The van der Waals surface area contributed by atoms with Crippen LogP contribution in [-0.4, -0.2) is 24.4 Å². The summed E-state index contributed by atoms with van der Waals surface area (Å²) in [6.45, 7) is -0.346. The highest BCUT2D eigenvalue weighted by atomic mass is 32.1. The molecule has 0 spiro atoms. The van der Waals surface area contributed by atoms with E-state index < -0.39 is 17.8 Å². The van der Waals surface area contributed by atoms with Crippen molar-refractivity contribution in [2.75, 3.05) is 11.9 Å². The third-order valence-electron chi connectivity index (χ3n) is 2.97. The topological polar surface area (TPSA) is 98.5 Å². The molecule has 120 valence electrons. The lowest BCUT2D eigenvalue weighted by molar-refractivity contribution is -0.147. The largest absolute Gasteiger partial charge is 0.456 e. The summed E-state index contributed by atoms with van der Waals surface area (Å²) in [4.78, 5) is 35.3. The van der Waals surface area contributed by atoms with Crippen molar-refractivity contribution in [3.8, 4) is 0 Å². The molecule has 2 amide bonds. The van der Waals surface area contributed by atoms with E-state index in [1.54, 1.807) is 23.5 Å². The van der Waals surface area contributed by atoms with Crippen molar-refractivity contribution in [2.45, 2.75) is 12.8 Å². The summed E-state index contributed by atoms with van der Waals surface area (Å²) in [7, 11) is 0. The van der Waals surface area contributed by atoms with Gasteiger partial charge in [0.15, 0.2) is 6.61 Å². The van der Waals surface area contributed by atoms with E-state index in [9.17, 15) is 14.4 Å². The second-order valence-electron chi connectivity index (χ2n) is 4.73. The van der Waals surface area contributed by atoms with Crippen LogP contribution < -0.4 is 11.1 Å². The summed E-state index contributed by atoms with van der Waals surface area (Å²) >= 11 is 1.57. The van der Waals surface area contributed by atoms with Crippen molar-refractivity contribution in [1.29, 1.82) is 0 Å². The van der Waals surface area contributed by atoms with Crippen molar-refractivity contribution in [3.63, 3.8) is 0 Å². The lowest BCUT2D eigenvalue weighted by Gasteiger charge is -2.07. The van der Waals surface area contributed by atoms with Crippen LogP contribution >= 0.6 is 11.3 Å². The number of carbonyl (C=O) groups is 3. The lowest BCUT2D eigenvalue weighted by atomic mass is 10.2. The molecule has 23 heavy (non-hydrogen) atoms. The quantitative estimate of drug-likeness (QED) is 0.757. The average Bonchev–Trinajstić information content (AvgIpc) is 3.05. The van der Waals surface area contributed by atoms with Gasteiger partial charge in [0.05, 0.1) is 6.42 Å². The van der Waals surface area contributed by atoms with E-state index in [1.165, 1.54) is 12.1 Å². The first-order chi connectivity index (χ1) is 11.0. The Hall–Kier alpha value is -2.67. The Labute approximate surface area is 137 Å². The number of rotatable bonds is 7. The number of amides is 2. The predicted octanol–water partition coefficient (Wildman–Crippen LogP) is 1.96. The number of ether oxygens (including phenoxy) is 1. The molecular weight excluding hydrogens is 316 g/mol. The monoisotopic (exact) mass is 332 g/mol. The van der Waals surface area contributed by atoms with Crippen LogP contribution in [0, 0.1) is 0 Å². The van der Waals surface area contributed by atoms with Gasteiger partial charge in [0, 0.05) is 16.1 Å². The molecule has 0 radical (unpaired) electrons. The van der Waals surface area contributed by atoms with Crippen LogP contribution in [0.1, 0.15) is 21.7 Å². The van der Waals surface area contributed by atoms with Crippen molar-refractivity contribution in [3.05, 3.63) is 52.2 Å². The first-order valence-corrected chi connectivity index (χ1v) is 7.80. The van der Waals surface area contributed by atoms with Gasteiger partial charge in [-0.05, 0) is 42.1 Å². The van der Waals surface area contributed by atoms with Crippen LogP contribution in [0.25, 0.3) is 0 Å². The first kappa shape index (κ1) is 16.7. The number of aryl methyl sites for hydroxylation is 1. The van der Waals surface area contributed by atoms with Crippen molar-refractivity contribution in [1.82, 2.24) is 0 Å². The molecule has 2 aromatic rings. The molecule has 0 aliphatic carbocycles. The van der Waals surface area contributed by atoms with Gasteiger partial charge in [0.25, 0.3) is 5.91 Å². The summed E-state index contributed by atoms with van der Waals surface area (Å²) in [6, 6.07) is 9.98. The van der Waals surface area contributed by atoms with Crippen LogP contribution in [0.2, 0.25) is 0 Å². The molecule has 0 aliphatic rings. The number of benzene rings is 1. The van der Waals surface area contributed by atoms with E-state index in [2.05, 4.69) is 5.32 Å². The van der Waals surface area contributed by atoms with Gasteiger partial charge >= 0.3 is 5.97 Å². The summed E-state index contributed by atoms with van der Waals surface area (Å²) in [5.41, 5.74) is 5.97. The van der Waals surface area contributed by atoms with E-state index in [0.29, 0.717) is 17.7 Å². The maximum atomic E-state index is 11.7. The fraction of sp³-hybridized carbons (Fsp3) is 0.188. The Kier molecular flexibility index (Phi) is 5.87. The Morgan fingerprint density at radius 2 is 1.87 bits per heavy atom. The number of nitrogens with two attached hydrogens (primary N) is 1. The average molecular weight is 332 g/mol. The van der Waals surface area contributed by atoms with Gasteiger partial charge < -0.3 is 15.8 Å². The molecule has 7 heteroatoms. The van der Waals surface area contributed by atoms with Gasteiger partial charge in [-0.2, -0.15) is 0 Å². The Balaban J connectivity index is 1.71. The highest BCUT2D eigenvalue weighted by molar-refractivity contribution is 7.09. The zero-order valence-electron chi connectivity index (χ0n) is 12.3. The molecule has 1 heterocycles. The minimum absolute atomic E-state index is 0.237. The van der Waals surface area contributed by atoms with E-state index in [4.69, 9.17) is 10.5 Å². The van der Waals surface area contributed by atoms with Crippen molar-refractivity contribution in [2.24, 2.45) is 5.73 Å². The smallest absolute Gasteiger partial charge is 0.306 e. The van der Waals surface area contributed by atoms with Crippen LogP contribution in [0.15, 0.2) is 41.8 Å². The molecule has 3 N–H and O–H groups in total. The van der Waals surface area contributed by atoms with Gasteiger partial charge in [0.2, 0.25) is 5.91 Å². The molecule has 0 bridgehead atoms. The number of hydrogen-bond donors (Lipinski definition) is 2. The Bertz CT molecular complexity index is 681. The molecule has 0 fully saturated rings. The zero-order valence-corrected chi connectivity index (χ0v) is 13.1. The summed E-state index contributed by atoms with van der Waals surface area (Å²) in [5.74, 6) is -1.40. The summed E-state index contributed by atoms with van der Waals surface area (Å²) < 4.78 is 4.92. The Morgan fingerprint density at radius 3 is 2.48 bits per heavy atom. The Morgan fingerprint density at radius 1 is 1.13 bits per heavy atom. The first-order valence-electron chi connectivity index (χ1n) is 6.92. The van der Waals surface area contributed by atoms with Gasteiger partial charge in [-0.15, -0.1) is 11.3 Å². The van der Waals surface area contributed by atoms with Crippen LogP contribution in [-0.2, 0) is 20.7 Å². The molecule has 0 atom stereocenters. The van der Waals surface area contributed by atoms with E-state index >= 15 is 0 Å². The second kappa shape index (κ2) is 8.09. The van der Waals surface area contributed by atoms with Crippen LogP contribution in [0.4, 0.5) is 5.69 Å². The maximum Gasteiger partial charge on any atom is 0.306 e. The van der Waals surface area contributed by atoms with E-state index in [0.717, 1.165) is 4.88 Å². The molecule has 0 saturated carbocycles. The maximum absolute atomic E-state index is 11.7. The highest BCUT2D eigenvalue weighted by Crippen LogP contribution is 2.11. The standard InChI is InChI=1S/C16H16N2O4S/c17-16(21)11-3-5-12(6-4-11)18-14(19)10-22-15(20)8-7-13-2-1-9-23-13/h1-6,9H,7-8,10H2,(H2,17,21)(H,18,19). The molecule has 0 saturated heterocycles. The zero-order chi connectivity index (χ0) is 16.7. The minimum atomic E-state index is -0.539. The number of thiophene rings is 1. The van der Waals surface area contributed by atoms with Gasteiger partial charge in [-0.3, -0.25) is 14.4 Å². The number of anilines is 1. The van der Waals surface area contributed by atoms with E-state index in [1.807, 2.05) is 17.5 Å². The van der Waals surface area contributed by atoms with Gasteiger partial charge in [-0.1, -0.05) is 6.07 Å². The fourth-order valence-corrected chi connectivity index (χ4v) is 2.52. The van der Waals surface area contributed by atoms with Gasteiger partial charge in [-0.25, -0.2) is 0 Å². The van der Waals surface area contributed by atoms with Crippen LogP contribution in [0.5, 0.6) is 0 Å². The number of nitrogens with one attached hydrogen (secondary N) is 1. The molecule has 1 aromatic carbocycles. The van der Waals surface area contributed by atoms with Crippen LogP contribution in [0.3, 0.4) is 0 Å². The van der Waals surface area contributed by atoms with Crippen molar-refractivity contribution < 1.29 is 19.1 Å². The molecular formula is C16H16N2O4S. The highest BCUT2D eigenvalue weighted by Gasteiger charge is 2.09. The number of esters is 1. The molecule has 1 aromatic heterocycles. The number of primary amides is 1. The third-order valence-corrected chi connectivity index (χ3v) is 3.91. The third kappa shape index (κ3) is 5.55. The minimum Gasteiger partial charge on any atom is -0.456 e. The second-order valence-corrected chi connectivity index (χ2v) is 5.76. The normalized spacial score (nSPS) is 10.1. The number of hydrogen-bond acceptors (Lipinski definition) is 5. The molecule has 6 nitrogen and oxygen atoms in total. The fourth-order valence-electron chi connectivity index (χ4n) is 1.81. The predicted molar refractivity (Wildman–Crippen MR) is 87.2 cm³/mol. The number of carbonyl (C=O) groups excluding carboxylic acids is 3. The molecule has 0 aliphatic heterocycles. The summed E-state index contributed by atoms with van der Waals surface area (Å²) in [5, 5.41) is 4.51.